The molecule has 0 aliphatic carbocycles. The summed E-state index contributed by atoms with van der Waals surface area (Å²) in [4.78, 5) is 21.5. The van der Waals surface area contributed by atoms with Gasteiger partial charge in [-0.05, 0) is 36.7 Å². The van der Waals surface area contributed by atoms with Gasteiger partial charge in [-0.1, -0.05) is 15.9 Å². The Morgan fingerprint density at radius 2 is 2.17 bits per heavy atom. The molecule has 0 aliphatic rings. The maximum absolute atomic E-state index is 12.0. The molecule has 23 heavy (non-hydrogen) atoms. The molecule has 0 fully saturated rings. The fraction of sp³-hybridized carbons (Fsp3) is 0.250. The molecule has 120 valence electrons. The highest BCUT2D eigenvalue weighted by Gasteiger charge is 2.10. The summed E-state index contributed by atoms with van der Waals surface area (Å²) in [6, 6.07) is 7.79. The summed E-state index contributed by atoms with van der Waals surface area (Å²) in [6.07, 6.45) is 0. The van der Waals surface area contributed by atoms with Crippen LogP contribution in [0.1, 0.15) is 11.4 Å². The van der Waals surface area contributed by atoms with Gasteiger partial charge < -0.3 is 9.72 Å². The molecule has 1 N–H and O–H groups in total. The Balaban J connectivity index is 1.79. The zero-order chi connectivity index (χ0) is 16.4. The van der Waals surface area contributed by atoms with Gasteiger partial charge in [-0.25, -0.2) is 4.98 Å². The molecule has 0 saturated heterocycles. The molecule has 2 heterocycles. The molecule has 0 spiro atoms. The van der Waals surface area contributed by atoms with E-state index < -0.39 is 0 Å². The fourth-order valence-electron chi connectivity index (χ4n) is 2.47. The predicted octanol–water partition coefficient (Wildman–Crippen LogP) is 3.39. The van der Waals surface area contributed by atoms with Crippen LogP contribution in [-0.2, 0) is 13.1 Å². The van der Waals surface area contributed by atoms with Crippen LogP contribution < -0.4 is 10.3 Å². The van der Waals surface area contributed by atoms with Crippen LogP contribution in [0.2, 0.25) is 0 Å². The molecular formula is C16H16BrN3O2S. The summed E-state index contributed by atoms with van der Waals surface area (Å²) in [6.45, 7) is 1.24. The fourth-order valence-corrected chi connectivity index (χ4v) is 3.60. The first kappa shape index (κ1) is 16.2. The van der Waals surface area contributed by atoms with Crippen molar-refractivity contribution in [2.75, 3.05) is 14.2 Å². The first-order chi connectivity index (χ1) is 11.1. The lowest BCUT2D eigenvalue weighted by Gasteiger charge is -2.18. The number of fused-ring (bicyclic) bond motifs is 1. The number of H-pyrrole nitrogens is 1. The van der Waals surface area contributed by atoms with Gasteiger partial charge in [0.15, 0.2) is 0 Å². The molecular weight excluding hydrogens is 378 g/mol. The number of methoxy groups -OCH3 is 1. The van der Waals surface area contributed by atoms with Gasteiger partial charge in [0.2, 0.25) is 0 Å². The highest BCUT2D eigenvalue weighted by Crippen LogP contribution is 2.24. The Hall–Kier alpha value is -1.70. The number of nitrogens with zero attached hydrogens (tertiary/aromatic N) is 2. The normalized spacial score (nSPS) is 11.3. The van der Waals surface area contributed by atoms with Crippen molar-refractivity contribution < 1.29 is 4.74 Å². The van der Waals surface area contributed by atoms with Crippen LogP contribution in [0.5, 0.6) is 5.75 Å². The predicted molar refractivity (Wildman–Crippen MR) is 96.1 cm³/mol. The highest BCUT2D eigenvalue weighted by atomic mass is 79.9. The van der Waals surface area contributed by atoms with Crippen molar-refractivity contribution in [3.63, 3.8) is 0 Å². The smallest absolute Gasteiger partial charge is 0.268 e. The van der Waals surface area contributed by atoms with Crippen LogP contribution in [-0.4, -0.2) is 29.0 Å². The molecule has 7 heteroatoms. The monoisotopic (exact) mass is 393 g/mol. The average Bonchev–Trinajstić information content (AvgIpc) is 2.96. The molecule has 2 aromatic heterocycles. The zero-order valence-corrected chi connectivity index (χ0v) is 15.2. The van der Waals surface area contributed by atoms with E-state index in [4.69, 9.17) is 4.74 Å². The Labute approximate surface area is 146 Å². The number of aromatic amines is 1. The Kier molecular flexibility index (Phi) is 4.79. The van der Waals surface area contributed by atoms with Gasteiger partial charge in [0.05, 0.1) is 19.2 Å². The third kappa shape index (κ3) is 3.63. The van der Waals surface area contributed by atoms with Gasteiger partial charge in [0, 0.05) is 16.6 Å². The summed E-state index contributed by atoms with van der Waals surface area (Å²) in [5.41, 5.74) is 1.75. The number of halogens is 1. The minimum absolute atomic E-state index is 0.0755. The standard InChI is InChI=1S/C16H16BrN3O2S/c1-20(8-10-7-11(17)3-4-13(10)22-2)9-14-18-12-5-6-23-15(12)16(21)19-14/h3-7H,8-9H2,1-2H3,(H,18,19,21). The number of nitrogens with one attached hydrogen (secondary N) is 1. The lowest BCUT2D eigenvalue weighted by Crippen LogP contribution is -2.21. The van der Waals surface area contributed by atoms with E-state index >= 15 is 0 Å². The number of thiophene rings is 1. The van der Waals surface area contributed by atoms with E-state index in [0.29, 0.717) is 23.6 Å². The van der Waals surface area contributed by atoms with Crippen molar-refractivity contribution in [2.24, 2.45) is 0 Å². The van der Waals surface area contributed by atoms with E-state index in [9.17, 15) is 4.79 Å². The van der Waals surface area contributed by atoms with Crippen molar-refractivity contribution in [3.8, 4) is 5.75 Å². The van der Waals surface area contributed by atoms with E-state index in [1.54, 1.807) is 7.11 Å². The number of benzene rings is 1. The third-order valence-electron chi connectivity index (χ3n) is 3.47. The molecule has 0 radical (unpaired) electrons. The zero-order valence-electron chi connectivity index (χ0n) is 12.8. The first-order valence-electron chi connectivity index (χ1n) is 7.04. The number of aromatic nitrogens is 2. The maximum atomic E-state index is 12.0. The minimum atomic E-state index is -0.0755. The van der Waals surface area contributed by atoms with Gasteiger partial charge in [-0.2, -0.15) is 0 Å². The molecule has 0 atom stereocenters. The van der Waals surface area contributed by atoms with E-state index in [1.807, 2.05) is 36.7 Å². The Morgan fingerprint density at radius 1 is 1.35 bits per heavy atom. The van der Waals surface area contributed by atoms with E-state index in [2.05, 4.69) is 30.8 Å². The second-order valence-electron chi connectivity index (χ2n) is 5.28. The SMILES string of the molecule is COc1ccc(Br)cc1CN(C)Cc1nc2ccsc2c(=O)[nH]1. The van der Waals surface area contributed by atoms with Gasteiger partial charge in [-0.3, -0.25) is 9.69 Å². The topological polar surface area (TPSA) is 58.2 Å². The summed E-state index contributed by atoms with van der Waals surface area (Å²) in [7, 11) is 3.65. The van der Waals surface area contributed by atoms with Gasteiger partial charge >= 0.3 is 0 Å². The number of hydrogen-bond acceptors (Lipinski definition) is 5. The van der Waals surface area contributed by atoms with Crippen LogP contribution in [0, 0.1) is 0 Å². The van der Waals surface area contributed by atoms with Crippen molar-refractivity contribution >= 4 is 37.5 Å². The summed E-state index contributed by atoms with van der Waals surface area (Å²) >= 11 is 4.89. The van der Waals surface area contributed by atoms with Crippen LogP contribution in [0.25, 0.3) is 10.2 Å². The quantitative estimate of drug-likeness (QED) is 0.721. The van der Waals surface area contributed by atoms with Crippen molar-refractivity contribution in [3.05, 3.63) is 55.9 Å². The van der Waals surface area contributed by atoms with Crippen LogP contribution >= 0.6 is 27.3 Å². The van der Waals surface area contributed by atoms with E-state index in [0.717, 1.165) is 21.3 Å². The molecule has 5 nitrogen and oxygen atoms in total. The van der Waals surface area contributed by atoms with Gasteiger partial charge in [0.1, 0.15) is 16.3 Å². The van der Waals surface area contributed by atoms with Crippen molar-refractivity contribution in [2.45, 2.75) is 13.1 Å². The lowest BCUT2D eigenvalue weighted by molar-refractivity contribution is 0.302. The molecule has 3 rings (SSSR count). The number of hydrogen-bond donors (Lipinski definition) is 1. The van der Waals surface area contributed by atoms with Gasteiger partial charge in [-0.15, -0.1) is 11.3 Å². The van der Waals surface area contributed by atoms with E-state index in [-0.39, 0.29) is 5.56 Å². The minimum Gasteiger partial charge on any atom is -0.496 e. The van der Waals surface area contributed by atoms with Crippen LogP contribution in [0.3, 0.4) is 0 Å². The summed E-state index contributed by atoms with van der Waals surface area (Å²) in [5.74, 6) is 1.51. The average molecular weight is 394 g/mol. The molecule has 1 aromatic carbocycles. The van der Waals surface area contributed by atoms with Crippen LogP contribution in [0.4, 0.5) is 0 Å². The Morgan fingerprint density at radius 3 is 2.96 bits per heavy atom. The largest absolute Gasteiger partial charge is 0.496 e. The third-order valence-corrected chi connectivity index (χ3v) is 4.86. The number of rotatable bonds is 5. The second kappa shape index (κ2) is 6.82. The van der Waals surface area contributed by atoms with E-state index in [1.165, 1.54) is 11.3 Å². The molecule has 0 bridgehead atoms. The maximum Gasteiger partial charge on any atom is 0.268 e. The molecule has 3 aromatic rings. The highest BCUT2D eigenvalue weighted by molar-refractivity contribution is 9.10. The molecule has 0 saturated carbocycles. The van der Waals surface area contributed by atoms with Gasteiger partial charge in [0.25, 0.3) is 5.56 Å². The molecule has 0 unspecified atom stereocenters. The van der Waals surface area contributed by atoms with Crippen LogP contribution in [0.15, 0.2) is 38.9 Å². The number of ether oxygens (including phenoxy) is 1. The summed E-state index contributed by atoms with van der Waals surface area (Å²) < 4.78 is 7.08. The second-order valence-corrected chi connectivity index (χ2v) is 7.11. The first-order valence-corrected chi connectivity index (χ1v) is 8.71. The van der Waals surface area contributed by atoms with Crippen molar-refractivity contribution in [1.29, 1.82) is 0 Å². The summed E-state index contributed by atoms with van der Waals surface area (Å²) in [5, 5.41) is 1.88. The Bertz CT molecular complexity index is 890. The molecule has 0 aliphatic heterocycles. The lowest BCUT2D eigenvalue weighted by atomic mass is 10.2. The van der Waals surface area contributed by atoms with Crippen molar-refractivity contribution in [1.82, 2.24) is 14.9 Å². The molecule has 0 amide bonds.